The highest BCUT2D eigenvalue weighted by atomic mass is 16.5. The van der Waals surface area contributed by atoms with E-state index in [1.54, 1.807) is 0 Å². The van der Waals surface area contributed by atoms with Gasteiger partial charge in [0.25, 0.3) is 0 Å². The third-order valence-corrected chi connectivity index (χ3v) is 7.43. The number of nitrogens with one attached hydrogen (secondary N) is 1. The topological polar surface area (TPSA) is 50.8 Å². The number of hydrogen-bond donors (Lipinski definition) is 1. The Balaban J connectivity index is 1.17. The molecule has 5 heteroatoms. The molecule has 4 heterocycles. The summed E-state index contributed by atoms with van der Waals surface area (Å²) in [6, 6.07) is 10.5. The van der Waals surface area contributed by atoms with Crippen LogP contribution in [0.1, 0.15) is 31.2 Å². The van der Waals surface area contributed by atoms with Crippen molar-refractivity contribution in [1.29, 1.82) is 0 Å². The molecule has 0 unspecified atom stereocenters. The first-order valence-corrected chi connectivity index (χ1v) is 11.2. The molecule has 4 atom stereocenters. The van der Waals surface area contributed by atoms with Crippen LogP contribution < -0.4 is 5.32 Å². The SMILES string of the molecule is O=C(NC[C@H]1[C@H]2CN(CC=Cc3ccccc3)C[C@]23CC[C@H]1O3)C1CCOCC1. The maximum absolute atomic E-state index is 12.6. The first-order chi connectivity index (χ1) is 14.2. The third-order valence-electron chi connectivity index (χ3n) is 7.43. The number of nitrogens with zero attached hydrogens (tertiary/aromatic N) is 1. The summed E-state index contributed by atoms with van der Waals surface area (Å²) in [4.78, 5) is 15.1. The van der Waals surface area contributed by atoms with E-state index in [-0.39, 0.29) is 17.4 Å². The molecule has 1 N–H and O–H groups in total. The highest BCUT2D eigenvalue weighted by Gasteiger charge is 2.62. The molecule has 0 saturated carbocycles. The average molecular weight is 397 g/mol. The number of likely N-dealkylation sites (tertiary alicyclic amines) is 1. The number of rotatable bonds is 6. The molecule has 1 amide bonds. The summed E-state index contributed by atoms with van der Waals surface area (Å²) < 4.78 is 11.9. The molecular weight excluding hydrogens is 364 g/mol. The first-order valence-electron chi connectivity index (χ1n) is 11.2. The number of carbonyl (C=O) groups excluding carboxylic acids is 1. The van der Waals surface area contributed by atoms with E-state index in [2.05, 4.69) is 46.6 Å². The summed E-state index contributed by atoms with van der Waals surface area (Å²) in [5.41, 5.74) is 1.27. The van der Waals surface area contributed by atoms with E-state index in [1.807, 2.05) is 6.07 Å². The van der Waals surface area contributed by atoms with Gasteiger partial charge in [-0.3, -0.25) is 9.69 Å². The molecule has 1 aromatic rings. The largest absolute Gasteiger partial charge is 0.381 e. The van der Waals surface area contributed by atoms with Crippen molar-refractivity contribution in [3.8, 4) is 0 Å². The lowest BCUT2D eigenvalue weighted by Crippen LogP contribution is -2.43. The predicted molar refractivity (Wildman–Crippen MR) is 112 cm³/mol. The van der Waals surface area contributed by atoms with Crippen LogP contribution in [-0.2, 0) is 14.3 Å². The Morgan fingerprint density at radius 1 is 1.21 bits per heavy atom. The summed E-state index contributed by atoms with van der Waals surface area (Å²) in [5.74, 6) is 1.34. The van der Waals surface area contributed by atoms with E-state index < -0.39 is 0 Å². The number of fused-ring (bicyclic) bond motifs is 1. The van der Waals surface area contributed by atoms with Crippen LogP contribution >= 0.6 is 0 Å². The molecule has 4 aliphatic rings. The maximum Gasteiger partial charge on any atom is 0.223 e. The minimum Gasteiger partial charge on any atom is -0.381 e. The molecule has 1 spiro atoms. The van der Waals surface area contributed by atoms with Gasteiger partial charge in [-0.25, -0.2) is 0 Å². The Hall–Kier alpha value is -1.69. The second-order valence-electron chi connectivity index (χ2n) is 9.17. The van der Waals surface area contributed by atoms with Crippen molar-refractivity contribution in [3.63, 3.8) is 0 Å². The lowest BCUT2D eigenvalue weighted by molar-refractivity contribution is -0.128. The summed E-state index contributed by atoms with van der Waals surface area (Å²) in [7, 11) is 0. The quantitative estimate of drug-likeness (QED) is 0.803. The molecule has 5 rings (SSSR count). The fraction of sp³-hybridized carbons (Fsp3) is 0.625. The van der Waals surface area contributed by atoms with Crippen LogP contribution in [0, 0.1) is 17.8 Å². The van der Waals surface area contributed by atoms with Crippen LogP contribution in [0.4, 0.5) is 0 Å². The Bertz CT molecular complexity index is 746. The van der Waals surface area contributed by atoms with Crippen LogP contribution in [0.2, 0.25) is 0 Å². The van der Waals surface area contributed by atoms with Crippen molar-refractivity contribution in [2.24, 2.45) is 17.8 Å². The minimum atomic E-state index is 0.0271. The van der Waals surface area contributed by atoms with Gasteiger partial charge in [-0.15, -0.1) is 0 Å². The van der Waals surface area contributed by atoms with Gasteiger partial charge in [0.05, 0.1) is 11.7 Å². The third kappa shape index (κ3) is 3.88. The Labute approximate surface area is 173 Å². The van der Waals surface area contributed by atoms with Gasteiger partial charge in [-0.05, 0) is 31.2 Å². The Morgan fingerprint density at radius 2 is 2.03 bits per heavy atom. The second-order valence-corrected chi connectivity index (χ2v) is 9.17. The normalized spacial score (nSPS) is 34.7. The minimum absolute atomic E-state index is 0.0271. The lowest BCUT2D eigenvalue weighted by atomic mass is 9.73. The van der Waals surface area contributed by atoms with E-state index in [9.17, 15) is 4.79 Å². The molecule has 156 valence electrons. The molecule has 4 fully saturated rings. The molecule has 0 radical (unpaired) electrons. The molecule has 5 nitrogen and oxygen atoms in total. The lowest BCUT2D eigenvalue weighted by Gasteiger charge is -2.30. The number of amides is 1. The maximum atomic E-state index is 12.6. The summed E-state index contributed by atoms with van der Waals surface area (Å²) in [6.07, 6.45) is 8.82. The molecule has 2 bridgehead atoms. The van der Waals surface area contributed by atoms with Crippen LogP contribution in [0.3, 0.4) is 0 Å². The zero-order valence-electron chi connectivity index (χ0n) is 17.1. The number of carbonyl (C=O) groups is 1. The summed E-state index contributed by atoms with van der Waals surface area (Å²) in [6.45, 7) is 5.25. The van der Waals surface area contributed by atoms with Gasteiger partial charge in [0.2, 0.25) is 5.91 Å². The second kappa shape index (κ2) is 8.21. The van der Waals surface area contributed by atoms with Crippen molar-refractivity contribution in [2.75, 3.05) is 39.4 Å². The van der Waals surface area contributed by atoms with Crippen LogP contribution in [0.25, 0.3) is 6.08 Å². The molecule has 1 aromatic carbocycles. The van der Waals surface area contributed by atoms with Gasteiger partial charge in [0.1, 0.15) is 0 Å². The zero-order chi connectivity index (χ0) is 19.7. The van der Waals surface area contributed by atoms with Gasteiger partial charge in [0, 0.05) is 57.1 Å². The predicted octanol–water partition coefficient (Wildman–Crippen LogP) is 2.72. The van der Waals surface area contributed by atoms with E-state index in [4.69, 9.17) is 9.47 Å². The van der Waals surface area contributed by atoms with E-state index in [0.717, 1.165) is 45.4 Å². The van der Waals surface area contributed by atoms with Crippen molar-refractivity contribution in [1.82, 2.24) is 10.2 Å². The van der Waals surface area contributed by atoms with Gasteiger partial charge < -0.3 is 14.8 Å². The van der Waals surface area contributed by atoms with Gasteiger partial charge in [-0.1, -0.05) is 42.5 Å². The van der Waals surface area contributed by atoms with Crippen molar-refractivity contribution in [2.45, 2.75) is 37.4 Å². The standard InChI is InChI=1S/C24H32N2O3/c27-23(19-9-13-28-14-10-19)25-15-20-21-16-26(17-24(21)11-8-22(20)29-24)12-4-7-18-5-2-1-3-6-18/h1-7,19-22H,8-17H2,(H,25,27)/t20-,21+,22+,24+/m0/s1. The smallest absolute Gasteiger partial charge is 0.223 e. The highest BCUT2D eigenvalue weighted by Crippen LogP contribution is 2.54. The van der Waals surface area contributed by atoms with Gasteiger partial charge in [-0.2, -0.15) is 0 Å². The number of ether oxygens (including phenoxy) is 2. The Morgan fingerprint density at radius 3 is 2.86 bits per heavy atom. The molecule has 0 aliphatic carbocycles. The summed E-state index contributed by atoms with van der Waals surface area (Å²) in [5, 5.41) is 3.26. The molecule has 29 heavy (non-hydrogen) atoms. The Kier molecular flexibility index (Phi) is 5.46. The van der Waals surface area contributed by atoms with Crippen LogP contribution in [0.5, 0.6) is 0 Å². The first kappa shape index (κ1) is 19.3. The highest BCUT2D eigenvalue weighted by molar-refractivity contribution is 5.78. The van der Waals surface area contributed by atoms with E-state index in [1.165, 1.54) is 12.0 Å². The van der Waals surface area contributed by atoms with E-state index in [0.29, 0.717) is 31.2 Å². The number of benzene rings is 1. The molecule has 4 aliphatic heterocycles. The molecular formula is C24H32N2O3. The van der Waals surface area contributed by atoms with Crippen LogP contribution in [-0.4, -0.2) is 61.9 Å². The fourth-order valence-corrected chi connectivity index (χ4v) is 5.92. The monoisotopic (exact) mass is 396 g/mol. The zero-order valence-corrected chi connectivity index (χ0v) is 17.1. The molecule has 0 aromatic heterocycles. The van der Waals surface area contributed by atoms with Crippen molar-refractivity contribution in [3.05, 3.63) is 42.0 Å². The van der Waals surface area contributed by atoms with E-state index >= 15 is 0 Å². The number of hydrogen-bond acceptors (Lipinski definition) is 4. The van der Waals surface area contributed by atoms with Crippen LogP contribution in [0.15, 0.2) is 36.4 Å². The van der Waals surface area contributed by atoms with Crippen molar-refractivity contribution < 1.29 is 14.3 Å². The molecule has 4 saturated heterocycles. The fourth-order valence-electron chi connectivity index (χ4n) is 5.92. The summed E-state index contributed by atoms with van der Waals surface area (Å²) >= 11 is 0. The van der Waals surface area contributed by atoms with Gasteiger partial charge in [0.15, 0.2) is 0 Å². The van der Waals surface area contributed by atoms with Gasteiger partial charge >= 0.3 is 0 Å². The average Bonchev–Trinajstić information content (AvgIpc) is 3.42. The van der Waals surface area contributed by atoms with Crippen molar-refractivity contribution >= 4 is 12.0 Å².